The van der Waals surface area contributed by atoms with Crippen molar-refractivity contribution in [3.05, 3.63) is 40.5 Å². The van der Waals surface area contributed by atoms with Gasteiger partial charge in [-0.1, -0.05) is 23.7 Å². The van der Waals surface area contributed by atoms with E-state index in [1.54, 1.807) is 11.8 Å². The first kappa shape index (κ1) is 13.2. The summed E-state index contributed by atoms with van der Waals surface area (Å²) in [5, 5.41) is 11.8. The van der Waals surface area contributed by atoms with Crippen LogP contribution in [0.5, 0.6) is 0 Å². The Balaban J connectivity index is 2.37. The smallest absolute Gasteiger partial charge is 0.156 e. The van der Waals surface area contributed by atoms with Crippen LogP contribution in [0.25, 0.3) is 0 Å². The SMILES string of the molecule is CSc1ccccc1Nc1nnc(Cl)c(C)c1C. The first-order chi connectivity index (χ1) is 8.63. The number of para-hydroxylation sites is 1. The average molecular weight is 280 g/mol. The molecule has 0 aliphatic carbocycles. The minimum atomic E-state index is 0.455. The van der Waals surface area contributed by atoms with E-state index < -0.39 is 0 Å². The molecular formula is C13H14ClN3S. The molecule has 18 heavy (non-hydrogen) atoms. The third-order valence-corrected chi connectivity index (χ3v) is 3.98. The molecule has 3 nitrogen and oxygen atoms in total. The normalized spacial score (nSPS) is 10.4. The highest BCUT2D eigenvalue weighted by atomic mass is 35.5. The number of hydrogen-bond acceptors (Lipinski definition) is 4. The monoisotopic (exact) mass is 279 g/mol. The standard InChI is InChI=1S/C13H14ClN3S/c1-8-9(2)13(17-16-12(8)14)15-10-6-4-5-7-11(10)18-3/h4-7H,1-3H3,(H,15,17). The van der Waals surface area contributed by atoms with Crippen LogP contribution < -0.4 is 5.32 Å². The fraction of sp³-hybridized carbons (Fsp3) is 0.231. The van der Waals surface area contributed by atoms with Crippen LogP contribution in [0.2, 0.25) is 5.15 Å². The molecule has 0 fully saturated rings. The summed E-state index contributed by atoms with van der Waals surface area (Å²) in [6, 6.07) is 8.10. The fourth-order valence-electron chi connectivity index (χ4n) is 1.57. The van der Waals surface area contributed by atoms with Crippen molar-refractivity contribution in [2.45, 2.75) is 18.7 Å². The predicted molar refractivity (Wildman–Crippen MR) is 78.0 cm³/mol. The summed E-state index contributed by atoms with van der Waals surface area (Å²) in [6.45, 7) is 3.93. The Bertz CT molecular complexity index is 572. The van der Waals surface area contributed by atoms with Gasteiger partial charge in [-0.05, 0) is 43.4 Å². The van der Waals surface area contributed by atoms with Gasteiger partial charge in [0.1, 0.15) is 0 Å². The van der Waals surface area contributed by atoms with Crippen LogP contribution >= 0.6 is 23.4 Å². The van der Waals surface area contributed by atoms with Crippen LogP contribution in [0.3, 0.4) is 0 Å². The van der Waals surface area contributed by atoms with E-state index in [1.165, 1.54) is 4.90 Å². The van der Waals surface area contributed by atoms with E-state index in [2.05, 4.69) is 21.6 Å². The van der Waals surface area contributed by atoms with E-state index in [0.717, 1.165) is 22.6 Å². The summed E-state index contributed by atoms with van der Waals surface area (Å²) in [5.74, 6) is 0.749. The van der Waals surface area contributed by atoms with E-state index >= 15 is 0 Å². The molecule has 0 spiro atoms. The van der Waals surface area contributed by atoms with E-state index in [1.807, 2.05) is 38.3 Å². The Morgan fingerprint density at radius 2 is 1.83 bits per heavy atom. The molecule has 0 aliphatic rings. The number of nitrogens with zero attached hydrogens (tertiary/aromatic N) is 2. The molecule has 0 radical (unpaired) electrons. The third-order valence-electron chi connectivity index (χ3n) is 2.82. The van der Waals surface area contributed by atoms with E-state index in [-0.39, 0.29) is 0 Å². The van der Waals surface area contributed by atoms with Crippen molar-refractivity contribution < 1.29 is 0 Å². The molecule has 1 N–H and O–H groups in total. The van der Waals surface area contributed by atoms with Crippen LogP contribution in [0.1, 0.15) is 11.1 Å². The average Bonchev–Trinajstić information content (AvgIpc) is 2.40. The van der Waals surface area contributed by atoms with Gasteiger partial charge >= 0.3 is 0 Å². The summed E-state index contributed by atoms with van der Waals surface area (Å²) in [5.41, 5.74) is 3.01. The minimum Gasteiger partial charge on any atom is -0.338 e. The quantitative estimate of drug-likeness (QED) is 0.854. The minimum absolute atomic E-state index is 0.455. The first-order valence-electron chi connectivity index (χ1n) is 5.53. The van der Waals surface area contributed by atoms with E-state index in [9.17, 15) is 0 Å². The predicted octanol–water partition coefficient (Wildman–Crippen LogP) is 4.21. The highest BCUT2D eigenvalue weighted by molar-refractivity contribution is 7.98. The maximum Gasteiger partial charge on any atom is 0.156 e. The van der Waals surface area contributed by atoms with Crippen LogP contribution in [0, 0.1) is 13.8 Å². The molecule has 0 bridgehead atoms. The highest BCUT2D eigenvalue weighted by Gasteiger charge is 2.09. The molecule has 1 heterocycles. The maximum atomic E-state index is 5.94. The molecule has 0 saturated heterocycles. The number of anilines is 2. The van der Waals surface area contributed by atoms with Crippen LogP contribution in [0.15, 0.2) is 29.2 Å². The van der Waals surface area contributed by atoms with Gasteiger partial charge in [-0.15, -0.1) is 22.0 Å². The lowest BCUT2D eigenvalue weighted by molar-refractivity contribution is 1.00. The van der Waals surface area contributed by atoms with E-state index in [0.29, 0.717) is 5.15 Å². The molecular weight excluding hydrogens is 266 g/mol. The van der Waals surface area contributed by atoms with Crippen molar-refractivity contribution in [1.82, 2.24) is 10.2 Å². The molecule has 2 aromatic rings. The number of benzene rings is 1. The van der Waals surface area contributed by atoms with Crippen molar-refractivity contribution in [1.29, 1.82) is 0 Å². The lowest BCUT2D eigenvalue weighted by Gasteiger charge is -2.12. The Morgan fingerprint density at radius 3 is 2.56 bits per heavy atom. The maximum absolute atomic E-state index is 5.94. The fourth-order valence-corrected chi connectivity index (χ4v) is 2.30. The zero-order valence-corrected chi connectivity index (χ0v) is 12.1. The number of halogens is 1. The molecule has 0 atom stereocenters. The Kier molecular flexibility index (Phi) is 4.09. The molecule has 1 aromatic carbocycles. The van der Waals surface area contributed by atoms with Gasteiger partial charge in [0.25, 0.3) is 0 Å². The second-order valence-corrected chi connectivity index (χ2v) is 5.12. The zero-order chi connectivity index (χ0) is 13.1. The summed E-state index contributed by atoms with van der Waals surface area (Å²) >= 11 is 7.63. The van der Waals surface area contributed by atoms with Crippen molar-refractivity contribution >= 4 is 34.9 Å². The molecule has 0 amide bonds. The summed E-state index contributed by atoms with van der Waals surface area (Å²) in [6.07, 6.45) is 2.05. The van der Waals surface area contributed by atoms with Gasteiger partial charge in [0.2, 0.25) is 0 Å². The number of nitrogens with one attached hydrogen (secondary N) is 1. The first-order valence-corrected chi connectivity index (χ1v) is 7.13. The molecule has 1 aromatic heterocycles. The number of hydrogen-bond donors (Lipinski definition) is 1. The second kappa shape index (κ2) is 5.59. The number of rotatable bonds is 3. The van der Waals surface area contributed by atoms with Crippen molar-refractivity contribution in [3.63, 3.8) is 0 Å². The third kappa shape index (κ3) is 2.60. The summed E-state index contributed by atoms with van der Waals surface area (Å²) in [7, 11) is 0. The Labute approximate surface area is 116 Å². The van der Waals surface area contributed by atoms with Gasteiger partial charge in [0, 0.05) is 4.90 Å². The number of thioether (sulfide) groups is 1. The van der Waals surface area contributed by atoms with Crippen molar-refractivity contribution in [2.24, 2.45) is 0 Å². The number of aromatic nitrogens is 2. The van der Waals surface area contributed by atoms with Gasteiger partial charge in [-0.3, -0.25) is 0 Å². The van der Waals surface area contributed by atoms with Crippen LogP contribution in [0.4, 0.5) is 11.5 Å². The lowest BCUT2D eigenvalue weighted by Crippen LogP contribution is -2.02. The molecule has 94 valence electrons. The van der Waals surface area contributed by atoms with Crippen LogP contribution in [-0.2, 0) is 0 Å². The second-order valence-electron chi connectivity index (χ2n) is 3.91. The molecule has 2 rings (SSSR count). The highest BCUT2D eigenvalue weighted by Crippen LogP contribution is 2.29. The van der Waals surface area contributed by atoms with Gasteiger partial charge < -0.3 is 5.32 Å². The molecule has 5 heteroatoms. The summed E-state index contributed by atoms with van der Waals surface area (Å²) in [4.78, 5) is 1.17. The van der Waals surface area contributed by atoms with Crippen molar-refractivity contribution in [3.8, 4) is 0 Å². The Hall–Kier alpha value is -1.26. The van der Waals surface area contributed by atoms with Gasteiger partial charge in [0.15, 0.2) is 11.0 Å². The van der Waals surface area contributed by atoms with Crippen LogP contribution in [-0.4, -0.2) is 16.5 Å². The van der Waals surface area contributed by atoms with Gasteiger partial charge in [0.05, 0.1) is 5.69 Å². The molecule has 0 saturated carbocycles. The van der Waals surface area contributed by atoms with Gasteiger partial charge in [-0.25, -0.2) is 0 Å². The molecule has 0 aliphatic heterocycles. The molecule has 0 unspecified atom stereocenters. The zero-order valence-electron chi connectivity index (χ0n) is 10.5. The van der Waals surface area contributed by atoms with Gasteiger partial charge in [-0.2, -0.15) is 0 Å². The van der Waals surface area contributed by atoms with Crippen molar-refractivity contribution in [2.75, 3.05) is 11.6 Å². The van der Waals surface area contributed by atoms with E-state index in [4.69, 9.17) is 11.6 Å². The topological polar surface area (TPSA) is 37.8 Å². The Morgan fingerprint density at radius 1 is 1.11 bits per heavy atom. The largest absolute Gasteiger partial charge is 0.338 e. The summed E-state index contributed by atoms with van der Waals surface area (Å²) < 4.78 is 0. The lowest BCUT2D eigenvalue weighted by atomic mass is 10.2.